The molecule has 6 atom stereocenters. The molecule has 2 aliphatic carbocycles. The molecule has 3 heteroatoms. The molecular formula is C17H26O3. The third-order valence-corrected chi connectivity index (χ3v) is 4.91. The van der Waals surface area contributed by atoms with Crippen LogP contribution in [-0.2, 0) is 9.53 Å². The number of aliphatic hydroxyl groups is 1. The third-order valence-electron chi connectivity index (χ3n) is 4.91. The van der Waals surface area contributed by atoms with E-state index in [1.165, 1.54) is 0 Å². The number of ether oxygens (including phenoxy) is 1. The first-order chi connectivity index (χ1) is 9.43. The normalized spacial score (nSPS) is 37.9. The van der Waals surface area contributed by atoms with E-state index in [0.29, 0.717) is 18.3 Å². The summed E-state index contributed by atoms with van der Waals surface area (Å²) in [6.07, 6.45) is 6.77. The summed E-state index contributed by atoms with van der Waals surface area (Å²) in [5, 5.41) is 9.98. The van der Waals surface area contributed by atoms with E-state index in [1.54, 1.807) is 0 Å². The predicted octanol–water partition coefficient (Wildman–Crippen LogP) is 3.09. The van der Waals surface area contributed by atoms with Crippen molar-refractivity contribution >= 4 is 5.97 Å². The van der Waals surface area contributed by atoms with Gasteiger partial charge < -0.3 is 9.84 Å². The molecule has 0 aliphatic heterocycles. The molecule has 0 aromatic heterocycles. The average Bonchev–Trinajstić information content (AvgIpc) is 2.41. The fraction of sp³-hybridized carbons (Fsp3) is 0.706. The summed E-state index contributed by atoms with van der Waals surface area (Å²) in [5.74, 6) is 0.894. The van der Waals surface area contributed by atoms with Gasteiger partial charge in [-0.25, -0.2) is 0 Å². The zero-order valence-electron chi connectivity index (χ0n) is 12.9. The Morgan fingerprint density at radius 2 is 2.20 bits per heavy atom. The molecule has 0 aromatic rings. The Labute approximate surface area is 121 Å². The van der Waals surface area contributed by atoms with Crippen molar-refractivity contribution in [1.82, 2.24) is 0 Å². The van der Waals surface area contributed by atoms with Gasteiger partial charge in [0.25, 0.3) is 0 Å². The maximum atomic E-state index is 12.1. The maximum absolute atomic E-state index is 12.1. The smallest absolute Gasteiger partial charge is 0.308 e. The number of hydrogen-bond donors (Lipinski definition) is 1. The van der Waals surface area contributed by atoms with Gasteiger partial charge in [0.2, 0.25) is 0 Å². The molecule has 3 nitrogen and oxygen atoms in total. The molecule has 2 aliphatic rings. The van der Waals surface area contributed by atoms with Crippen LogP contribution in [0.4, 0.5) is 0 Å². The highest BCUT2D eigenvalue weighted by molar-refractivity contribution is 5.72. The Morgan fingerprint density at radius 1 is 1.50 bits per heavy atom. The van der Waals surface area contributed by atoms with Crippen LogP contribution in [0.3, 0.4) is 0 Å². The maximum Gasteiger partial charge on any atom is 0.308 e. The van der Waals surface area contributed by atoms with Gasteiger partial charge in [-0.15, -0.1) is 0 Å². The molecule has 0 amide bonds. The van der Waals surface area contributed by atoms with Gasteiger partial charge in [0.15, 0.2) is 0 Å². The summed E-state index contributed by atoms with van der Waals surface area (Å²) in [5.41, 5.74) is 1.12. The Balaban J connectivity index is 2.19. The van der Waals surface area contributed by atoms with Crippen LogP contribution in [0.5, 0.6) is 0 Å². The number of fused-ring (bicyclic) bond motifs is 1. The highest BCUT2D eigenvalue weighted by Gasteiger charge is 2.40. The Bertz CT molecular complexity index is 424. The third kappa shape index (κ3) is 2.98. The van der Waals surface area contributed by atoms with Gasteiger partial charge in [-0.3, -0.25) is 4.79 Å². The molecule has 1 N–H and O–H groups in total. The molecule has 0 bridgehead atoms. The lowest BCUT2D eigenvalue weighted by atomic mass is 9.69. The highest BCUT2D eigenvalue weighted by atomic mass is 16.5. The minimum Gasteiger partial charge on any atom is -0.461 e. The SMILES string of the molecule is CC[C@H](C)C(=O)OC1CC(O)C=C2C=CC(C)[C@H](C)[C@H]21. The van der Waals surface area contributed by atoms with Crippen molar-refractivity contribution in [1.29, 1.82) is 0 Å². The van der Waals surface area contributed by atoms with Crippen LogP contribution < -0.4 is 0 Å². The van der Waals surface area contributed by atoms with Crippen LogP contribution in [0.1, 0.15) is 40.5 Å². The number of aliphatic hydroxyl groups excluding tert-OH is 1. The fourth-order valence-corrected chi connectivity index (χ4v) is 3.13. The predicted molar refractivity (Wildman–Crippen MR) is 79.0 cm³/mol. The van der Waals surface area contributed by atoms with Crippen molar-refractivity contribution in [3.63, 3.8) is 0 Å². The quantitative estimate of drug-likeness (QED) is 0.807. The van der Waals surface area contributed by atoms with E-state index in [4.69, 9.17) is 4.74 Å². The molecule has 0 radical (unpaired) electrons. The van der Waals surface area contributed by atoms with E-state index in [-0.39, 0.29) is 23.9 Å². The van der Waals surface area contributed by atoms with Gasteiger partial charge in [0.05, 0.1) is 12.0 Å². The Kier molecular flexibility index (Phi) is 4.69. The standard InChI is InChI=1S/C17H26O3/c1-5-10(2)17(19)20-15-9-14(18)8-13-7-6-11(3)12(4)16(13)15/h6-8,10-12,14-16,18H,5,9H2,1-4H3/t10-,11?,12-,14?,15?,16+/m0/s1. The van der Waals surface area contributed by atoms with Crippen LogP contribution in [0.15, 0.2) is 23.8 Å². The van der Waals surface area contributed by atoms with E-state index >= 15 is 0 Å². The van der Waals surface area contributed by atoms with Gasteiger partial charge in [0.1, 0.15) is 6.10 Å². The number of hydrogen-bond acceptors (Lipinski definition) is 3. The van der Waals surface area contributed by atoms with Crippen molar-refractivity contribution in [2.24, 2.45) is 23.7 Å². The van der Waals surface area contributed by atoms with Crippen LogP contribution in [-0.4, -0.2) is 23.3 Å². The Morgan fingerprint density at radius 3 is 2.85 bits per heavy atom. The summed E-state index contributed by atoms with van der Waals surface area (Å²) in [7, 11) is 0. The number of carbonyl (C=O) groups is 1. The first-order valence-electron chi connectivity index (χ1n) is 7.72. The van der Waals surface area contributed by atoms with Gasteiger partial charge in [0, 0.05) is 12.3 Å². The number of carbonyl (C=O) groups excluding carboxylic acids is 1. The van der Waals surface area contributed by atoms with Crippen molar-refractivity contribution in [3.05, 3.63) is 23.8 Å². The lowest BCUT2D eigenvalue weighted by molar-refractivity contribution is -0.158. The molecule has 112 valence electrons. The lowest BCUT2D eigenvalue weighted by Gasteiger charge is -2.41. The minimum atomic E-state index is -0.513. The van der Waals surface area contributed by atoms with Crippen LogP contribution in [0, 0.1) is 23.7 Å². The van der Waals surface area contributed by atoms with E-state index in [0.717, 1.165) is 12.0 Å². The van der Waals surface area contributed by atoms with Gasteiger partial charge >= 0.3 is 5.97 Å². The summed E-state index contributed by atoms with van der Waals surface area (Å²) in [6.45, 7) is 8.27. The summed E-state index contributed by atoms with van der Waals surface area (Å²) in [6, 6.07) is 0. The Hall–Kier alpha value is -1.09. The molecule has 0 fully saturated rings. The van der Waals surface area contributed by atoms with E-state index in [9.17, 15) is 9.90 Å². The average molecular weight is 278 g/mol. The van der Waals surface area contributed by atoms with Gasteiger partial charge in [-0.2, -0.15) is 0 Å². The molecule has 0 saturated heterocycles. The first-order valence-corrected chi connectivity index (χ1v) is 7.72. The number of rotatable bonds is 3. The van der Waals surface area contributed by atoms with Crippen LogP contribution >= 0.6 is 0 Å². The summed E-state index contributed by atoms with van der Waals surface area (Å²) < 4.78 is 5.73. The minimum absolute atomic E-state index is 0.0756. The largest absolute Gasteiger partial charge is 0.461 e. The van der Waals surface area contributed by atoms with Gasteiger partial charge in [-0.1, -0.05) is 45.9 Å². The van der Waals surface area contributed by atoms with E-state index < -0.39 is 6.10 Å². The molecule has 0 aromatic carbocycles. The van der Waals surface area contributed by atoms with Crippen LogP contribution in [0.2, 0.25) is 0 Å². The van der Waals surface area contributed by atoms with Crippen molar-refractivity contribution < 1.29 is 14.6 Å². The first kappa shape index (κ1) is 15.3. The molecule has 2 rings (SSSR count). The fourth-order valence-electron chi connectivity index (χ4n) is 3.13. The van der Waals surface area contributed by atoms with Gasteiger partial charge in [-0.05, 0) is 23.8 Å². The van der Waals surface area contributed by atoms with E-state index in [2.05, 4.69) is 26.0 Å². The zero-order chi connectivity index (χ0) is 14.9. The number of allylic oxidation sites excluding steroid dienone is 2. The molecular weight excluding hydrogens is 252 g/mol. The number of esters is 1. The van der Waals surface area contributed by atoms with Crippen molar-refractivity contribution in [2.75, 3.05) is 0 Å². The van der Waals surface area contributed by atoms with Crippen molar-refractivity contribution in [2.45, 2.75) is 52.7 Å². The topological polar surface area (TPSA) is 46.5 Å². The van der Waals surface area contributed by atoms with E-state index in [1.807, 2.05) is 19.9 Å². The second-order valence-corrected chi connectivity index (χ2v) is 6.36. The lowest BCUT2D eigenvalue weighted by Crippen LogP contribution is -2.41. The molecule has 0 saturated carbocycles. The summed E-state index contributed by atoms with van der Waals surface area (Å²) in [4.78, 5) is 12.1. The van der Waals surface area contributed by atoms with Crippen LogP contribution in [0.25, 0.3) is 0 Å². The molecule has 0 heterocycles. The zero-order valence-corrected chi connectivity index (χ0v) is 12.9. The highest BCUT2D eigenvalue weighted by Crippen LogP contribution is 2.41. The monoisotopic (exact) mass is 278 g/mol. The van der Waals surface area contributed by atoms with Crippen molar-refractivity contribution in [3.8, 4) is 0 Å². The molecule has 3 unspecified atom stereocenters. The molecule has 0 spiro atoms. The molecule has 20 heavy (non-hydrogen) atoms. The second-order valence-electron chi connectivity index (χ2n) is 6.36. The summed E-state index contributed by atoms with van der Waals surface area (Å²) >= 11 is 0. The second kappa shape index (κ2) is 6.13.